The molecule has 0 bridgehead atoms. The van der Waals surface area contributed by atoms with E-state index in [0.717, 1.165) is 10.6 Å². The number of carbonyl (C=O) groups excluding carboxylic acids is 1. The molecule has 106 valence electrons. The largest absolute Gasteiger partial charge is 0.477 e. The molecule has 0 aliphatic heterocycles. The lowest BCUT2D eigenvalue weighted by molar-refractivity contribution is 0.0635. The molecule has 2 aromatic heterocycles. The average molecular weight is 280 g/mol. The van der Waals surface area contributed by atoms with Crippen molar-refractivity contribution in [3.63, 3.8) is 0 Å². The molecule has 2 aromatic rings. The van der Waals surface area contributed by atoms with Gasteiger partial charge in [0.25, 0.3) is 0 Å². The first-order valence-electron chi connectivity index (χ1n) is 6.69. The quantitative estimate of drug-likeness (QED) is 0.868. The maximum absolute atomic E-state index is 11.8. The highest BCUT2D eigenvalue weighted by molar-refractivity contribution is 6.02. The van der Waals surface area contributed by atoms with Crippen molar-refractivity contribution < 1.29 is 22.2 Å². The van der Waals surface area contributed by atoms with E-state index >= 15 is 0 Å². The highest BCUT2D eigenvalue weighted by Gasteiger charge is 2.24. The first kappa shape index (κ1) is 11.2. The molecule has 2 rings (SSSR count). The monoisotopic (exact) mass is 280 g/mol. The fourth-order valence-corrected chi connectivity index (χ4v) is 1.47. The van der Waals surface area contributed by atoms with Crippen LogP contribution in [0.1, 0.15) is 33.9 Å². The van der Waals surface area contributed by atoms with Gasteiger partial charge in [0, 0.05) is 12.3 Å². The van der Waals surface area contributed by atoms with E-state index in [2.05, 4.69) is 15.4 Å². The molecule has 0 saturated heterocycles. The van der Waals surface area contributed by atoms with E-state index in [1.807, 2.05) is 0 Å². The second-order valence-corrected chi connectivity index (χ2v) is 4.91. The number of aromatic carboxylic acids is 1. The van der Waals surface area contributed by atoms with Crippen LogP contribution in [0.3, 0.4) is 0 Å². The van der Waals surface area contributed by atoms with E-state index in [1.165, 1.54) is 0 Å². The van der Waals surface area contributed by atoms with Crippen LogP contribution < -0.4 is 5.32 Å². The second-order valence-electron chi connectivity index (χ2n) is 4.91. The molecule has 0 atom stereocenters. The van der Waals surface area contributed by atoms with E-state index < -0.39 is 23.2 Å². The first-order chi connectivity index (χ1) is 10.1. The number of aromatic nitrogens is 3. The number of nitrogens with one attached hydrogen (secondary N) is 1. The number of hydrogen-bond donors (Lipinski definition) is 2. The Labute approximate surface area is 117 Å². The van der Waals surface area contributed by atoms with E-state index in [4.69, 9.17) is 7.48 Å². The van der Waals surface area contributed by atoms with Crippen molar-refractivity contribution in [2.45, 2.75) is 26.4 Å². The minimum absolute atomic E-state index is 0.198. The van der Waals surface area contributed by atoms with Crippen molar-refractivity contribution in [2.24, 2.45) is 0 Å². The zero-order chi connectivity index (χ0) is 16.7. The number of rotatable bonds is 2. The summed E-state index contributed by atoms with van der Waals surface area (Å²) in [7, 11) is 0. The normalized spacial score (nSPS) is 12.8. The predicted octanol–water partition coefficient (Wildman–Crippen LogP) is 1.77. The highest BCUT2D eigenvalue weighted by Crippen LogP contribution is 2.19. The van der Waals surface area contributed by atoms with Crippen molar-refractivity contribution in [3.8, 4) is 0 Å². The van der Waals surface area contributed by atoms with Gasteiger partial charge in [-0.2, -0.15) is 0 Å². The Morgan fingerprint density at radius 1 is 1.50 bits per heavy atom. The standard InChI is InChI=1S/C12H14N4O4/c1-12(2,3)20-11(19)14-8-7(10(17)18)9-13-5-4-6-16(9)15-8/h4-6H,1-3H3,(H,17,18)(H,14,15,19)/i5D,6D. The number of carbonyl (C=O) groups is 2. The van der Waals surface area contributed by atoms with Gasteiger partial charge in [-0.25, -0.2) is 19.1 Å². The van der Waals surface area contributed by atoms with Gasteiger partial charge in [-0.05, 0) is 26.8 Å². The SMILES string of the molecule is [2H]c1cc([2H])n2nc(NC(=O)OC(C)(C)C)c(C(=O)O)c2n1. The number of carboxylic acids is 1. The molecule has 0 aromatic carbocycles. The molecule has 20 heavy (non-hydrogen) atoms. The molecule has 2 N–H and O–H groups in total. The lowest BCUT2D eigenvalue weighted by Gasteiger charge is -2.19. The van der Waals surface area contributed by atoms with Crippen molar-refractivity contribution in [1.82, 2.24) is 14.6 Å². The van der Waals surface area contributed by atoms with Crippen LogP contribution in [0, 0.1) is 0 Å². The van der Waals surface area contributed by atoms with Crippen LogP contribution >= 0.6 is 0 Å². The summed E-state index contributed by atoms with van der Waals surface area (Å²) in [4.78, 5) is 26.9. The summed E-state index contributed by atoms with van der Waals surface area (Å²) in [5.41, 5.74) is -1.37. The van der Waals surface area contributed by atoms with Crippen LogP contribution in [-0.4, -0.2) is 37.4 Å². The molecular weight excluding hydrogens is 264 g/mol. The van der Waals surface area contributed by atoms with Gasteiger partial charge < -0.3 is 9.84 Å². The van der Waals surface area contributed by atoms with Gasteiger partial charge in [0.2, 0.25) is 0 Å². The molecule has 0 unspecified atom stereocenters. The Balaban J connectivity index is 2.50. The van der Waals surface area contributed by atoms with Gasteiger partial charge in [-0.1, -0.05) is 0 Å². The Hall–Kier alpha value is -2.64. The first-order valence-corrected chi connectivity index (χ1v) is 5.69. The number of carboxylic acid groups (broad SMARTS) is 1. The minimum atomic E-state index is -1.39. The number of nitrogens with zero attached hydrogens (tertiary/aromatic N) is 3. The van der Waals surface area contributed by atoms with E-state index in [-0.39, 0.29) is 23.8 Å². The number of fused-ring (bicyclic) bond motifs is 1. The molecule has 0 radical (unpaired) electrons. The molecule has 0 fully saturated rings. The number of amides is 1. The topological polar surface area (TPSA) is 106 Å². The van der Waals surface area contributed by atoms with Gasteiger partial charge >= 0.3 is 12.1 Å². The van der Waals surface area contributed by atoms with E-state index in [9.17, 15) is 14.7 Å². The second kappa shape index (κ2) is 4.80. The zero-order valence-electron chi connectivity index (χ0n) is 13.1. The Morgan fingerprint density at radius 3 is 2.80 bits per heavy atom. The zero-order valence-corrected chi connectivity index (χ0v) is 11.1. The van der Waals surface area contributed by atoms with Crippen molar-refractivity contribution in [1.29, 1.82) is 0 Å². The van der Waals surface area contributed by atoms with Crippen molar-refractivity contribution >= 4 is 23.5 Å². The van der Waals surface area contributed by atoms with Crippen LogP contribution in [0.2, 0.25) is 0 Å². The van der Waals surface area contributed by atoms with Gasteiger partial charge in [-0.3, -0.25) is 5.32 Å². The third-order valence-electron chi connectivity index (χ3n) is 2.12. The van der Waals surface area contributed by atoms with Crippen LogP contribution in [0.5, 0.6) is 0 Å². The van der Waals surface area contributed by atoms with Gasteiger partial charge in [-0.15, -0.1) is 5.10 Å². The van der Waals surface area contributed by atoms with E-state index in [0.29, 0.717) is 0 Å². The summed E-state index contributed by atoms with van der Waals surface area (Å²) in [5.74, 6) is -1.69. The Kier molecular flexibility index (Phi) is 2.69. The van der Waals surface area contributed by atoms with E-state index in [1.54, 1.807) is 20.8 Å². The fourth-order valence-electron chi connectivity index (χ4n) is 1.47. The smallest absolute Gasteiger partial charge is 0.413 e. The lowest BCUT2D eigenvalue weighted by atomic mass is 10.2. The number of anilines is 1. The summed E-state index contributed by atoms with van der Waals surface area (Å²) in [6, 6.07) is 1.10. The fraction of sp³-hybridized carbons (Fsp3) is 0.333. The van der Waals surface area contributed by atoms with Gasteiger partial charge in [0.1, 0.15) is 11.2 Å². The third kappa shape index (κ3) is 2.85. The number of hydrogen-bond acceptors (Lipinski definition) is 5. The van der Waals surface area contributed by atoms with Crippen LogP contribution in [0.15, 0.2) is 18.4 Å². The Morgan fingerprint density at radius 2 is 2.20 bits per heavy atom. The predicted molar refractivity (Wildman–Crippen MR) is 69.8 cm³/mol. The van der Waals surface area contributed by atoms with Crippen molar-refractivity contribution in [3.05, 3.63) is 24.0 Å². The summed E-state index contributed by atoms with van der Waals surface area (Å²) in [5, 5.41) is 15.3. The van der Waals surface area contributed by atoms with Crippen LogP contribution in [-0.2, 0) is 4.74 Å². The van der Waals surface area contributed by atoms with Crippen LogP contribution in [0.25, 0.3) is 5.65 Å². The molecule has 0 aliphatic rings. The average Bonchev–Trinajstić information content (AvgIpc) is 2.64. The summed E-state index contributed by atoms with van der Waals surface area (Å²) < 4.78 is 21.1. The summed E-state index contributed by atoms with van der Waals surface area (Å²) in [6.07, 6.45) is -1.38. The van der Waals surface area contributed by atoms with Gasteiger partial charge in [0.15, 0.2) is 11.5 Å². The molecule has 0 spiro atoms. The Bertz CT molecular complexity index is 767. The minimum Gasteiger partial charge on any atom is -0.477 e. The lowest BCUT2D eigenvalue weighted by Crippen LogP contribution is -2.27. The maximum Gasteiger partial charge on any atom is 0.413 e. The molecule has 0 aliphatic carbocycles. The molecular formula is C12H14N4O4. The summed E-state index contributed by atoms with van der Waals surface area (Å²) in [6.45, 7) is 4.97. The molecule has 1 amide bonds. The molecule has 0 saturated carbocycles. The molecule has 2 heterocycles. The molecule has 8 heteroatoms. The van der Waals surface area contributed by atoms with Gasteiger partial charge in [0.05, 0.1) is 2.74 Å². The highest BCUT2D eigenvalue weighted by atomic mass is 16.6. The summed E-state index contributed by atoms with van der Waals surface area (Å²) >= 11 is 0. The molecule has 8 nitrogen and oxygen atoms in total. The van der Waals surface area contributed by atoms with Crippen molar-refractivity contribution in [2.75, 3.05) is 5.32 Å². The number of ether oxygens (including phenoxy) is 1. The van der Waals surface area contributed by atoms with Crippen LogP contribution in [0.4, 0.5) is 10.6 Å². The third-order valence-corrected chi connectivity index (χ3v) is 2.12. The maximum atomic E-state index is 11.8.